The minimum atomic E-state index is 0.0923. The van der Waals surface area contributed by atoms with Crippen LogP contribution >= 0.6 is 0 Å². The van der Waals surface area contributed by atoms with Gasteiger partial charge in [0.05, 0.1) is 0 Å². The third-order valence-electron chi connectivity index (χ3n) is 6.05. The van der Waals surface area contributed by atoms with Crippen molar-refractivity contribution in [1.82, 2.24) is 10.2 Å². The number of hydrogen-bond donors (Lipinski definition) is 2. The smallest absolute Gasteiger partial charge is 0.220 e. The van der Waals surface area contributed by atoms with Gasteiger partial charge in [-0.3, -0.25) is 4.79 Å². The summed E-state index contributed by atoms with van der Waals surface area (Å²) in [6.07, 6.45) is 11.8. The van der Waals surface area contributed by atoms with Crippen molar-refractivity contribution in [2.45, 2.75) is 70.3 Å². The number of nitrogens with one attached hydrogen (secondary N) is 1. The fourth-order valence-corrected chi connectivity index (χ4v) is 4.30. The molecule has 0 atom stereocenters. The molecule has 2 aliphatic carbocycles. The summed E-state index contributed by atoms with van der Waals surface area (Å²) in [6, 6.07) is 0.390. The van der Waals surface area contributed by atoms with Gasteiger partial charge in [-0.2, -0.15) is 0 Å². The van der Waals surface area contributed by atoms with Gasteiger partial charge in [-0.1, -0.05) is 19.3 Å². The molecule has 3 rings (SSSR count). The molecular weight excluding hydrogens is 274 g/mol. The number of likely N-dealkylation sites (tertiary alicyclic amines) is 1. The molecule has 3 aliphatic rings. The highest BCUT2D eigenvalue weighted by atomic mass is 16.1. The molecule has 0 aromatic rings. The first-order valence-corrected chi connectivity index (χ1v) is 9.41. The summed E-state index contributed by atoms with van der Waals surface area (Å²) in [4.78, 5) is 15.0. The minimum absolute atomic E-state index is 0.0923. The average molecular weight is 307 g/mol. The van der Waals surface area contributed by atoms with E-state index in [2.05, 4.69) is 10.2 Å². The Balaban J connectivity index is 1.39. The fraction of sp³-hybridized carbons (Fsp3) is 0.944. The summed E-state index contributed by atoms with van der Waals surface area (Å²) in [6.45, 7) is 4.27. The van der Waals surface area contributed by atoms with Gasteiger partial charge < -0.3 is 16.0 Å². The molecule has 0 radical (unpaired) electrons. The van der Waals surface area contributed by atoms with E-state index in [1.165, 1.54) is 38.6 Å². The van der Waals surface area contributed by atoms with E-state index in [9.17, 15) is 4.79 Å². The zero-order chi connectivity index (χ0) is 15.4. The SMILES string of the molecule is NCC1(CC(=O)NC2CCN(CC3CC3)CC2)CCCCC1. The molecule has 1 amide bonds. The number of nitrogens with zero attached hydrogens (tertiary/aromatic N) is 1. The van der Waals surface area contributed by atoms with Gasteiger partial charge in [-0.25, -0.2) is 0 Å². The molecule has 4 heteroatoms. The molecule has 0 spiro atoms. The van der Waals surface area contributed by atoms with E-state index in [1.807, 2.05) is 0 Å². The average Bonchev–Trinajstić information content (AvgIpc) is 3.34. The molecule has 1 aliphatic heterocycles. The van der Waals surface area contributed by atoms with Crippen molar-refractivity contribution in [2.24, 2.45) is 17.1 Å². The molecule has 3 fully saturated rings. The first kappa shape index (κ1) is 16.3. The molecule has 0 unspecified atom stereocenters. The Hall–Kier alpha value is -0.610. The molecule has 3 N–H and O–H groups in total. The summed E-state index contributed by atoms with van der Waals surface area (Å²) in [7, 11) is 0. The van der Waals surface area contributed by atoms with Crippen LogP contribution in [-0.4, -0.2) is 43.0 Å². The fourth-order valence-electron chi connectivity index (χ4n) is 4.30. The molecule has 126 valence electrons. The Bertz CT molecular complexity index is 367. The highest BCUT2D eigenvalue weighted by molar-refractivity contribution is 5.77. The van der Waals surface area contributed by atoms with Crippen molar-refractivity contribution in [3.8, 4) is 0 Å². The Labute approximate surface area is 135 Å². The van der Waals surface area contributed by atoms with Crippen molar-refractivity contribution in [2.75, 3.05) is 26.2 Å². The van der Waals surface area contributed by atoms with Gasteiger partial charge in [0.1, 0.15) is 0 Å². The highest BCUT2D eigenvalue weighted by Gasteiger charge is 2.34. The molecule has 2 saturated carbocycles. The lowest BCUT2D eigenvalue weighted by Crippen LogP contribution is -2.47. The third kappa shape index (κ3) is 4.45. The Morgan fingerprint density at radius 2 is 1.77 bits per heavy atom. The van der Waals surface area contributed by atoms with Gasteiger partial charge in [0.25, 0.3) is 0 Å². The second-order valence-corrected chi connectivity index (χ2v) is 8.03. The van der Waals surface area contributed by atoms with E-state index >= 15 is 0 Å². The maximum atomic E-state index is 12.4. The number of rotatable bonds is 6. The lowest BCUT2D eigenvalue weighted by molar-refractivity contribution is -0.124. The van der Waals surface area contributed by atoms with Crippen molar-refractivity contribution in [3.05, 3.63) is 0 Å². The zero-order valence-corrected chi connectivity index (χ0v) is 14.0. The molecule has 22 heavy (non-hydrogen) atoms. The third-order valence-corrected chi connectivity index (χ3v) is 6.05. The van der Waals surface area contributed by atoms with Crippen LogP contribution in [0.5, 0.6) is 0 Å². The molecule has 4 nitrogen and oxygen atoms in total. The van der Waals surface area contributed by atoms with Crippen LogP contribution in [0.3, 0.4) is 0 Å². The van der Waals surface area contributed by atoms with Crippen LogP contribution in [0.15, 0.2) is 0 Å². The van der Waals surface area contributed by atoms with Gasteiger partial charge in [0.15, 0.2) is 0 Å². The molecule has 0 bridgehead atoms. The number of hydrogen-bond acceptors (Lipinski definition) is 3. The van der Waals surface area contributed by atoms with Crippen LogP contribution in [0.25, 0.3) is 0 Å². The van der Waals surface area contributed by atoms with E-state index in [-0.39, 0.29) is 11.3 Å². The van der Waals surface area contributed by atoms with Crippen molar-refractivity contribution >= 4 is 5.91 Å². The second-order valence-electron chi connectivity index (χ2n) is 8.03. The van der Waals surface area contributed by atoms with Gasteiger partial charge >= 0.3 is 0 Å². The van der Waals surface area contributed by atoms with Gasteiger partial charge in [-0.15, -0.1) is 0 Å². The Morgan fingerprint density at radius 3 is 2.36 bits per heavy atom. The normalized spacial score (nSPS) is 26.8. The van der Waals surface area contributed by atoms with Gasteiger partial charge in [-0.05, 0) is 56.4 Å². The van der Waals surface area contributed by atoms with Crippen LogP contribution in [0.1, 0.15) is 64.2 Å². The largest absolute Gasteiger partial charge is 0.353 e. The number of nitrogens with two attached hydrogens (primary N) is 1. The molecule has 1 heterocycles. The van der Waals surface area contributed by atoms with Gasteiger partial charge in [0, 0.05) is 32.1 Å². The molecule has 0 aromatic heterocycles. The molecular formula is C18H33N3O. The first-order valence-electron chi connectivity index (χ1n) is 9.41. The van der Waals surface area contributed by atoms with Crippen LogP contribution in [-0.2, 0) is 4.79 Å². The second kappa shape index (κ2) is 7.31. The molecule has 1 saturated heterocycles. The quantitative estimate of drug-likeness (QED) is 0.791. The van der Waals surface area contributed by atoms with Crippen LogP contribution in [0.2, 0.25) is 0 Å². The molecule has 0 aromatic carbocycles. The Kier molecular flexibility index (Phi) is 5.40. The van der Waals surface area contributed by atoms with Crippen molar-refractivity contribution < 1.29 is 4.79 Å². The summed E-state index contributed by atoms with van der Waals surface area (Å²) < 4.78 is 0. The zero-order valence-electron chi connectivity index (χ0n) is 14.0. The van der Waals surface area contributed by atoms with Crippen molar-refractivity contribution in [3.63, 3.8) is 0 Å². The van der Waals surface area contributed by atoms with Crippen LogP contribution in [0, 0.1) is 11.3 Å². The van der Waals surface area contributed by atoms with E-state index < -0.39 is 0 Å². The Morgan fingerprint density at radius 1 is 1.09 bits per heavy atom. The maximum Gasteiger partial charge on any atom is 0.220 e. The van der Waals surface area contributed by atoms with Crippen molar-refractivity contribution in [1.29, 1.82) is 0 Å². The first-order chi connectivity index (χ1) is 10.7. The topological polar surface area (TPSA) is 58.4 Å². The minimum Gasteiger partial charge on any atom is -0.353 e. The number of amides is 1. The van der Waals surface area contributed by atoms with E-state index in [4.69, 9.17) is 5.73 Å². The van der Waals surface area contributed by atoms with Crippen LogP contribution < -0.4 is 11.1 Å². The number of carbonyl (C=O) groups excluding carboxylic acids is 1. The maximum absolute atomic E-state index is 12.4. The van der Waals surface area contributed by atoms with Gasteiger partial charge in [0.2, 0.25) is 5.91 Å². The number of carbonyl (C=O) groups is 1. The van der Waals surface area contributed by atoms with E-state index in [0.717, 1.165) is 44.7 Å². The summed E-state index contributed by atoms with van der Waals surface area (Å²) >= 11 is 0. The predicted molar refractivity (Wildman–Crippen MR) is 89.5 cm³/mol. The number of piperidine rings is 1. The van der Waals surface area contributed by atoms with Crippen LogP contribution in [0.4, 0.5) is 0 Å². The highest BCUT2D eigenvalue weighted by Crippen LogP contribution is 2.38. The van der Waals surface area contributed by atoms with E-state index in [1.54, 1.807) is 0 Å². The predicted octanol–water partition coefficient (Wildman–Crippen LogP) is 2.28. The summed E-state index contributed by atoms with van der Waals surface area (Å²) in [5.74, 6) is 1.22. The summed E-state index contributed by atoms with van der Waals surface area (Å²) in [5.41, 5.74) is 6.10. The summed E-state index contributed by atoms with van der Waals surface area (Å²) in [5, 5.41) is 3.29. The standard InChI is InChI=1S/C18H33N3O/c19-14-18(8-2-1-3-9-18)12-17(22)20-16-6-10-21(11-7-16)13-15-4-5-15/h15-16H,1-14,19H2,(H,20,22). The lowest BCUT2D eigenvalue weighted by atomic mass is 9.71. The monoisotopic (exact) mass is 307 g/mol. The van der Waals surface area contributed by atoms with E-state index in [0.29, 0.717) is 19.0 Å². The lowest BCUT2D eigenvalue weighted by Gasteiger charge is -2.37.